The second-order valence-electron chi connectivity index (χ2n) is 6.18. The van der Waals surface area contributed by atoms with Gasteiger partial charge in [0, 0.05) is 38.8 Å². The summed E-state index contributed by atoms with van der Waals surface area (Å²) in [5.74, 6) is 1.55. The molecule has 0 atom stereocenters. The van der Waals surface area contributed by atoms with E-state index in [2.05, 4.69) is 21.7 Å². The predicted molar refractivity (Wildman–Crippen MR) is 97.8 cm³/mol. The van der Waals surface area contributed by atoms with Crippen molar-refractivity contribution < 1.29 is 14.3 Å². The van der Waals surface area contributed by atoms with Gasteiger partial charge in [0.15, 0.2) is 11.5 Å². The Hall–Kier alpha value is -2.31. The second kappa shape index (κ2) is 7.29. The van der Waals surface area contributed by atoms with Crippen LogP contribution in [0.15, 0.2) is 41.1 Å². The number of carbonyl (C=O) groups is 1. The van der Waals surface area contributed by atoms with E-state index in [1.807, 2.05) is 29.2 Å². The average molecular weight is 356 g/mol. The Morgan fingerprint density at radius 1 is 1.12 bits per heavy atom. The molecule has 2 aromatic rings. The molecule has 0 radical (unpaired) electrons. The van der Waals surface area contributed by atoms with E-state index < -0.39 is 0 Å². The van der Waals surface area contributed by atoms with Crippen LogP contribution in [0, 0.1) is 0 Å². The third-order valence-corrected chi connectivity index (χ3v) is 5.22. The van der Waals surface area contributed by atoms with E-state index in [9.17, 15) is 4.79 Å². The molecule has 1 aromatic carbocycles. The van der Waals surface area contributed by atoms with Crippen molar-refractivity contribution in [3.05, 3.63) is 52.2 Å². The lowest BCUT2D eigenvalue weighted by Crippen LogP contribution is -2.47. The molecule has 0 N–H and O–H groups in total. The zero-order valence-electron chi connectivity index (χ0n) is 13.9. The van der Waals surface area contributed by atoms with Crippen LogP contribution in [0.4, 0.5) is 0 Å². The molecule has 0 bridgehead atoms. The van der Waals surface area contributed by atoms with Crippen molar-refractivity contribution in [3.8, 4) is 11.5 Å². The van der Waals surface area contributed by atoms with Crippen molar-refractivity contribution in [1.29, 1.82) is 0 Å². The number of carbonyl (C=O) groups excluding carboxylic acids is 1. The molecule has 0 aliphatic carbocycles. The zero-order valence-corrected chi connectivity index (χ0v) is 14.7. The highest BCUT2D eigenvalue weighted by Crippen LogP contribution is 2.32. The van der Waals surface area contributed by atoms with Gasteiger partial charge in [-0.2, -0.15) is 11.3 Å². The fourth-order valence-electron chi connectivity index (χ4n) is 3.06. The monoisotopic (exact) mass is 356 g/mol. The summed E-state index contributed by atoms with van der Waals surface area (Å²) in [6, 6.07) is 7.85. The first-order valence-corrected chi connectivity index (χ1v) is 9.32. The molecule has 2 aliphatic heterocycles. The van der Waals surface area contributed by atoms with Crippen molar-refractivity contribution in [1.82, 2.24) is 9.80 Å². The Bertz CT molecular complexity index is 765. The van der Waals surface area contributed by atoms with Gasteiger partial charge in [-0.05, 0) is 46.2 Å². The number of hydrogen-bond donors (Lipinski definition) is 0. The first-order valence-electron chi connectivity index (χ1n) is 8.38. The Morgan fingerprint density at radius 3 is 2.76 bits per heavy atom. The molecule has 1 amide bonds. The van der Waals surface area contributed by atoms with Crippen molar-refractivity contribution in [2.24, 2.45) is 0 Å². The SMILES string of the molecule is O=C(/C=C/c1ccc2c(c1)OCO2)N1CCN(Cc2ccsc2)CC1. The number of ether oxygens (including phenoxy) is 2. The van der Waals surface area contributed by atoms with Gasteiger partial charge < -0.3 is 14.4 Å². The molecule has 3 heterocycles. The first kappa shape index (κ1) is 16.2. The highest BCUT2D eigenvalue weighted by molar-refractivity contribution is 7.07. The highest BCUT2D eigenvalue weighted by atomic mass is 32.1. The molecule has 0 spiro atoms. The largest absolute Gasteiger partial charge is 0.454 e. The third-order valence-electron chi connectivity index (χ3n) is 4.49. The number of thiophene rings is 1. The number of fused-ring (bicyclic) bond motifs is 1. The minimum Gasteiger partial charge on any atom is -0.454 e. The maximum Gasteiger partial charge on any atom is 0.246 e. The van der Waals surface area contributed by atoms with Gasteiger partial charge in [0.1, 0.15) is 0 Å². The van der Waals surface area contributed by atoms with Crippen molar-refractivity contribution >= 4 is 23.3 Å². The zero-order chi connectivity index (χ0) is 17.1. The summed E-state index contributed by atoms with van der Waals surface area (Å²) in [5, 5.41) is 4.29. The number of hydrogen-bond acceptors (Lipinski definition) is 5. The highest BCUT2D eigenvalue weighted by Gasteiger charge is 2.19. The topological polar surface area (TPSA) is 42.0 Å². The van der Waals surface area contributed by atoms with Crippen LogP contribution >= 0.6 is 11.3 Å². The number of benzene rings is 1. The van der Waals surface area contributed by atoms with Crippen LogP contribution in [0.5, 0.6) is 11.5 Å². The fourth-order valence-corrected chi connectivity index (χ4v) is 3.72. The molecular formula is C19H20N2O3S. The summed E-state index contributed by atoms with van der Waals surface area (Å²) in [5.41, 5.74) is 2.29. The van der Waals surface area contributed by atoms with Crippen molar-refractivity contribution in [3.63, 3.8) is 0 Å². The smallest absolute Gasteiger partial charge is 0.246 e. The maximum atomic E-state index is 12.4. The van der Waals surface area contributed by atoms with Gasteiger partial charge in [0.25, 0.3) is 0 Å². The minimum atomic E-state index is 0.0628. The summed E-state index contributed by atoms with van der Waals surface area (Å²) in [7, 11) is 0. The predicted octanol–water partition coefficient (Wildman–Crippen LogP) is 2.83. The van der Waals surface area contributed by atoms with Gasteiger partial charge in [-0.15, -0.1) is 0 Å². The van der Waals surface area contributed by atoms with E-state index in [1.54, 1.807) is 17.4 Å². The van der Waals surface area contributed by atoms with Gasteiger partial charge in [-0.3, -0.25) is 9.69 Å². The minimum absolute atomic E-state index is 0.0628. The molecule has 1 aromatic heterocycles. The lowest BCUT2D eigenvalue weighted by atomic mass is 10.2. The number of amides is 1. The van der Waals surface area contributed by atoms with Crippen LogP contribution < -0.4 is 9.47 Å². The molecule has 5 nitrogen and oxygen atoms in total. The summed E-state index contributed by atoms with van der Waals surface area (Å²) < 4.78 is 10.7. The first-order chi connectivity index (χ1) is 12.3. The standard InChI is InChI=1S/C19H20N2O3S/c22-19(4-2-15-1-3-17-18(11-15)24-14-23-17)21-8-6-20(7-9-21)12-16-5-10-25-13-16/h1-5,10-11,13H,6-9,12,14H2/b4-2+. The summed E-state index contributed by atoms with van der Waals surface area (Å²) in [6.45, 7) is 4.61. The lowest BCUT2D eigenvalue weighted by Gasteiger charge is -2.34. The summed E-state index contributed by atoms with van der Waals surface area (Å²) >= 11 is 1.73. The molecule has 6 heteroatoms. The summed E-state index contributed by atoms with van der Waals surface area (Å²) in [4.78, 5) is 16.7. The van der Waals surface area contributed by atoms with Gasteiger partial charge >= 0.3 is 0 Å². The maximum absolute atomic E-state index is 12.4. The molecule has 0 unspecified atom stereocenters. The molecule has 25 heavy (non-hydrogen) atoms. The van der Waals surface area contributed by atoms with E-state index >= 15 is 0 Å². The van der Waals surface area contributed by atoms with Gasteiger partial charge in [-0.25, -0.2) is 0 Å². The van der Waals surface area contributed by atoms with Crippen LogP contribution in [0.3, 0.4) is 0 Å². The van der Waals surface area contributed by atoms with Crippen molar-refractivity contribution in [2.75, 3.05) is 33.0 Å². The van der Waals surface area contributed by atoms with Crippen LogP contribution in [0.25, 0.3) is 6.08 Å². The Balaban J connectivity index is 1.30. The lowest BCUT2D eigenvalue weighted by molar-refractivity contribution is -0.127. The molecule has 4 rings (SSSR count). The third kappa shape index (κ3) is 3.86. The normalized spacial score (nSPS) is 17.4. The van der Waals surface area contributed by atoms with Gasteiger partial charge in [-0.1, -0.05) is 6.07 Å². The van der Waals surface area contributed by atoms with Crippen LogP contribution in [0.2, 0.25) is 0 Å². The molecule has 1 saturated heterocycles. The van der Waals surface area contributed by atoms with Crippen LogP contribution in [-0.2, 0) is 11.3 Å². The van der Waals surface area contributed by atoms with Gasteiger partial charge in [0.05, 0.1) is 0 Å². The van der Waals surface area contributed by atoms with Crippen LogP contribution in [-0.4, -0.2) is 48.7 Å². The second-order valence-corrected chi connectivity index (χ2v) is 6.96. The molecule has 1 fully saturated rings. The number of rotatable bonds is 4. The number of nitrogens with zero attached hydrogens (tertiary/aromatic N) is 2. The van der Waals surface area contributed by atoms with E-state index in [0.29, 0.717) is 0 Å². The van der Waals surface area contributed by atoms with E-state index in [4.69, 9.17) is 9.47 Å². The summed E-state index contributed by atoms with van der Waals surface area (Å²) in [6.07, 6.45) is 3.48. The van der Waals surface area contributed by atoms with E-state index in [1.165, 1.54) is 5.56 Å². The average Bonchev–Trinajstić information content (AvgIpc) is 3.31. The van der Waals surface area contributed by atoms with E-state index in [-0.39, 0.29) is 12.7 Å². The molecular weight excluding hydrogens is 336 g/mol. The Labute approximate surface area is 151 Å². The Kier molecular flexibility index (Phi) is 4.72. The van der Waals surface area contributed by atoms with Crippen molar-refractivity contribution in [2.45, 2.75) is 6.54 Å². The molecule has 2 aliphatic rings. The quantitative estimate of drug-likeness (QED) is 0.790. The van der Waals surface area contributed by atoms with Gasteiger partial charge in [0.2, 0.25) is 12.7 Å². The van der Waals surface area contributed by atoms with E-state index in [0.717, 1.165) is 49.8 Å². The number of piperazine rings is 1. The Morgan fingerprint density at radius 2 is 1.96 bits per heavy atom. The molecule has 130 valence electrons. The fraction of sp³-hybridized carbons (Fsp3) is 0.316. The molecule has 0 saturated carbocycles. The van der Waals surface area contributed by atoms with Crippen LogP contribution in [0.1, 0.15) is 11.1 Å².